The van der Waals surface area contributed by atoms with Crippen LogP contribution in [0.4, 0.5) is 0 Å². The van der Waals surface area contributed by atoms with Crippen LogP contribution in [0.3, 0.4) is 0 Å². The van der Waals surface area contributed by atoms with E-state index in [2.05, 4.69) is 24.3 Å². The third kappa shape index (κ3) is 4.99. The lowest BCUT2D eigenvalue weighted by Crippen LogP contribution is -2.00. The predicted molar refractivity (Wildman–Crippen MR) is 132 cm³/mol. The molecule has 0 saturated heterocycles. The summed E-state index contributed by atoms with van der Waals surface area (Å²) in [5, 5.41) is 1.93. The van der Waals surface area contributed by atoms with Gasteiger partial charge in [0.1, 0.15) is 24.7 Å². The fourth-order valence-electron chi connectivity index (χ4n) is 3.72. The Labute approximate surface area is 193 Å². The normalized spacial score (nSPS) is 10.7. The molecule has 0 saturated carbocycles. The zero-order chi connectivity index (χ0) is 22.3. The van der Waals surface area contributed by atoms with E-state index in [1.807, 2.05) is 97.1 Å². The van der Waals surface area contributed by atoms with E-state index in [1.54, 1.807) is 0 Å². The summed E-state index contributed by atoms with van der Waals surface area (Å²) in [6.07, 6.45) is 0. The van der Waals surface area contributed by atoms with E-state index in [9.17, 15) is 0 Å². The zero-order valence-electron chi connectivity index (χ0n) is 18.2. The standard InChI is InChI=1S/C30H24O3/c1-4-11-23(12-5-1)21-31-28-18-10-17-27-26(28)19-20-29(33-25-15-8-3-9-16-25)30(27)32-22-24-13-6-2-7-14-24/h1-20H,21-22H2. The summed E-state index contributed by atoms with van der Waals surface area (Å²) in [4.78, 5) is 0. The molecule has 0 atom stereocenters. The van der Waals surface area contributed by atoms with Crippen LogP contribution in [0.1, 0.15) is 11.1 Å². The molecule has 33 heavy (non-hydrogen) atoms. The van der Waals surface area contributed by atoms with E-state index >= 15 is 0 Å². The van der Waals surface area contributed by atoms with Crippen LogP contribution in [0.2, 0.25) is 0 Å². The Bertz CT molecular complexity index is 1320. The minimum Gasteiger partial charge on any atom is -0.488 e. The van der Waals surface area contributed by atoms with Gasteiger partial charge in [0, 0.05) is 10.8 Å². The lowest BCUT2D eigenvalue weighted by atomic mass is 10.1. The summed E-state index contributed by atoms with van der Waals surface area (Å²) in [5.74, 6) is 2.94. The van der Waals surface area contributed by atoms with E-state index < -0.39 is 0 Å². The molecule has 0 aliphatic rings. The highest BCUT2D eigenvalue weighted by atomic mass is 16.5. The molecule has 3 heteroatoms. The molecule has 0 aliphatic heterocycles. The van der Waals surface area contributed by atoms with Crippen LogP contribution < -0.4 is 14.2 Å². The van der Waals surface area contributed by atoms with E-state index in [-0.39, 0.29) is 0 Å². The number of hydrogen-bond acceptors (Lipinski definition) is 3. The predicted octanol–water partition coefficient (Wildman–Crippen LogP) is 7.79. The highest BCUT2D eigenvalue weighted by Crippen LogP contribution is 2.41. The van der Waals surface area contributed by atoms with E-state index in [0.717, 1.165) is 33.4 Å². The molecule has 0 aromatic heterocycles. The Kier molecular flexibility index (Phi) is 6.21. The van der Waals surface area contributed by atoms with Crippen molar-refractivity contribution < 1.29 is 14.2 Å². The molecule has 0 aliphatic carbocycles. The largest absolute Gasteiger partial charge is 0.488 e. The fourth-order valence-corrected chi connectivity index (χ4v) is 3.72. The molecule has 162 valence electrons. The summed E-state index contributed by atoms with van der Waals surface area (Å²) in [5.41, 5.74) is 2.22. The Morgan fingerprint density at radius 2 is 1.03 bits per heavy atom. The topological polar surface area (TPSA) is 27.7 Å². The van der Waals surface area contributed by atoms with Crippen LogP contribution in [0.15, 0.2) is 121 Å². The molecule has 3 nitrogen and oxygen atoms in total. The van der Waals surface area contributed by atoms with Gasteiger partial charge in [-0.25, -0.2) is 0 Å². The van der Waals surface area contributed by atoms with Crippen molar-refractivity contribution in [2.45, 2.75) is 13.2 Å². The monoisotopic (exact) mass is 432 g/mol. The second-order valence-electron chi connectivity index (χ2n) is 7.71. The third-order valence-electron chi connectivity index (χ3n) is 5.37. The second-order valence-corrected chi connectivity index (χ2v) is 7.71. The highest BCUT2D eigenvalue weighted by Gasteiger charge is 2.15. The third-order valence-corrected chi connectivity index (χ3v) is 5.37. The summed E-state index contributed by atoms with van der Waals surface area (Å²) in [6.45, 7) is 0.947. The van der Waals surface area contributed by atoms with Gasteiger partial charge < -0.3 is 14.2 Å². The van der Waals surface area contributed by atoms with Gasteiger partial charge in [-0.2, -0.15) is 0 Å². The van der Waals surface area contributed by atoms with Crippen LogP contribution in [0.5, 0.6) is 23.0 Å². The first-order valence-electron chi connectivity index (χ1n) is 11.0. The minimum absolute atomic E-state index is 0.445. The maximum atomic E-state index is 6.35. The van der Waals surface area contributed by atoms with Gasteiger partial charge in [-0.15, -0.1) is 0 Å². The Hall–Kier alpha value is -4.24. The number of rotatable bonds is 8. The number of para-hydroxylation sites is 1. The van der Waals surface area contributed by atoms with Crippen molar-refractivity contribution in [2.24, 2.45) is 0 Å². The van der Waals surface area contributed by atoms with E-state index in [4.69, 9.17) is 14.2 Å². The van der Waals surface area contributed by atoms with Gasteiger partial charge in [-0.05, 0) is 41.5 Å². The van der Waals surface area contributed by atoms with E-state index in [0.29, 0.717) is 24.7 Å². The molecule has 0 unspecified atom stereocenters. The molecule has 5 aromatic carbocycles. The van der Waals surface area contributed by atoms with E-state index in [1.165, 1.54) is 0 Å². The first-order valence-corrected chi connectivity index (χ1v) is 11.0. The summed E-state index contributed by atoms with van der Waals surface area (Å²) in [7, 11) is 0. The molecule has 0 fully saturated rings. The first kappa shape index (κ1) is 20.7. The summed E-state index contributed by atoms with van der Waals surface area (Å²) >= 11 is 0. The van der Waals surface area contributed by atoms with Crippen molar-refractivity contribution in [3.05, 3.63) is 132 Å². The molecule has 0 spiro atoms. The van der Waals surface area contributed by atoms with Crippen molar-refractivity contribution in [1.29, 1.82) is 0 Å². The van der Waals surface area contributed by atoms with Crippen LogP contribution in [0, 0.1) is 0 Å². The van der Waals surface area contributed by atoms with Gasteiger partial charge in [0.15, 0.2) is 11.5 Å². The Morgan fingerprint density at radius 1 is 0.424 bits per heavy atom. The molecule has 0 N–H and O–H groups in total. The van der Waals surface area contributed by atoms with Crippen LogP contribution in [-0.2, 0) is 13.2 Å². The summed E-state index contributed by atoms with van der Waals surface area (Å²) < 4.78 is 18.7. The number of ether oxygens (including phenoxy) is 3. The van der Waals surface area contributed by atoms with Gasteiger partial charge in [0.25, 0.3) is 0 Å². The molecule has 5 aromatic rings. The van der Waals surface area contributed by atoms with Crippen LogP contribution in [-0.4, -0.2) is 0 Å². The maximum absolute atomic E-state index is 6.35. The summed E-state index contributed by atoms with van der Waals surface area (Å²) in [6, 6.07) is 40.1. The Balaban J connectivity index is 1.50. The van der Waals surface area contributed by atoms with Crippen molar-refractivity contribution >= 4 is 10.8 Å². The van der Waals surface area contributed by atoms with Gasteiger partial charge in [0.05, 0.1) is 0 Å². The molecule has 5 rings (SSSR count). The lowest BCUT2D eigenvalue weighted by Gasteiger charge is -2.17. The van der Waals surface area contributed by atoms with Gasteiger partial charge in [-0.1, -0.05) is 91.0 Å². The van der Waals surface area contributed by atoms with Gasteiger partial charge >= 0.3 is 0 Å². The van der Waals surface area contributed by atoms with Gasteiger partial charge in [0.2, 0.25) is 0 Å². The highest BCUT2D eigenvalue weighted by molar-refractivity contribution is 5.95. The minimum atomic E-state index is 0.445. The molecule has 0 radical (unpaired) electrons. The molecule has 0 amide bonds. The maximum Gasteiger partial charge on any atom is 0.170 e. The number of fused-ring (bicyclic) bond motifs is 1. The second kappa shape index (κ2) is 9.92. The molecule has 0 bridgehead atoms. The zero-order valence-corrected chi connectivity index (χ0v) is 18.2. The fraction of sp³-hybridized carbons (Fsp3) is 0.0667. The number of benzene rings is 5. The van der Waals surface area contributed by atoms with Crippen molar-refractivity contribution in [2.75, 3.05) is 0 Å². The van der Waals surface area contributed by atoms with Crippen LogP contribution in [0.25, 0.3) is 10.8 Å². The molecule has 0 heterocycles. The average molecular weight is 433 g/mol. The van der Waals surface area contributed by atoms with Crippen LogP contribution >= 0.6 is 0 Å². The average Bonchev–Trinajstić information content (AvgIpc) is 2.88. The SMILES string of the molecule is c1ccc(COc2cccc3c(OCc4ccccc4)c(Oc4ccccc4)ccc23)cc1. The molecular weight excluding hydrogens is 408 g/mol. The van der Waals surface area contributed by atoms with Gasteiger partial charge in [-0.3, -0.25) is 0 Å². The van der Waals surface area contributed by atoms with Crippen molar-refractivity contribution in [1.82, 2.24) is 0 Å². The van der Waals surface area contributed by atoms with Crippen molar-refractivity contribution in [3.63, 3.8) is 0 Å². The lowest BCUT2D eigenvalue weighted by molar-refractivity contribution is 0.294. The van der Waals surface area contributed by atoms with Crippen molar-refractivity contribution in [3.8, 4) is 23.0 Å². The molecular formula is C30H24O3. The first-order chi connectivity index (χ1) is 16.4. The Morgan fingerprint density at radius 3 is 1.70 bits per heavy atom. The smallest absolute Gasteiger partial charge is 0.170 e. The number of hydrogen-bond donors (Lipinski definition) is 0. The quantitative estimate of drug-likeness (QED) is 0.250.